The average Bonchev–Trinajstić information content (AvgIpc) is 2.96. The van der Waals surface area contributed by atoms with Gasteiger partial charge in [-0.1, -0.05) is 35.3 Å². The van der Waals surface area contributed by atoms with Crippen LogP contribution in [-0.4, -0.2) is 22.5 Å². The summed E-state index contributed by atoms with van der Waals surface area (Å²) < 4.78 is 0. The highest BCUT2D eigenvalue weighted by Gasteiger charge is 2.24. The lowest BCUT2D eigenvalue weighted by molar-refractivity contribution is -0.121. The lowest BCUT2D eigenvalue weighted by Crippen LogP contribution is -2.39. The number of nitrogens with one attached hydrogen (secondary N) is 2. The van der Waals surface area contributed by atoms with Crippen molar-refractivity contribution in [2.45, 2.75) is 18.9 Å². The van der Waals surface area contributed by atoms with E-state index in [-0.39, 0.29) is 18.9 Å². The lowest BCUT2D eigenvalue weighted by Gasteiger charge is -2.24. The first-order valence-electron chi connectivity index (χ1n) is 7.86. The van der Waals surface area contributed by atoms with E-state index < -0.39 is 5.60 Å². The monoisotopic (exact) mass is 376 g/mol. The number of rotatable bonds is 5. The maximum Gasteiger partial charge on any atom is 0.224 e. The molecule has 0 aliphatic rings. The zero-order valence-corrected chi connectivity index (χ0v) is 15.2. The molecule has 1 aromatic heterocycles. The van der Waals surface area contributed by atoms with Gasteiger partial charge in [-0.3, -0.25) is 4.79 Å². The molecule has 0 radical (unpaired) electrons. The van der Waals surface area contributed by atoms with Gasteiger partial charge in [0.25, 0.3) is 0 Å². The number of aliphatic hydroxyl groups is 1. The molecule has 0 fully saturated rings. The Bertz CT molecular complexity index is 901. The highest BCUT2D eigenvalue weighted by atomic mass is 35.5. The minimum Gasteiger partial charge on any atom is -0.384 e. The topological polar surface area (TPSA) is 65.1 Å². The van der Waals surface area contributed by atoms with Crippen LogP contribution < -0.4 is 5.32 Å². The highest BCUT2D eigenvalue weighted by Crippen LogP contribution is 2.24. The number of fused-ring (bicyclic) bond motifs is 1. The minimum absolute atomic E-state index is 0.108. The van der Waals surface area contributed by atoms with E-state index >= 15 is 0 Å². The molecule has 1 atom stereocenters. The molecule has 1 heterocycles. The van der Waals surface area contributed by atoms with Gasteiger partial charge < -0.3 is 15.4 Å². The summed E-state index contributed by atoms with van der Waals surface area (Å²) in [6.07, 6.45) is 2.01. The quantitative estimate of drug-likeness (QED) is 0.628. The van der Waals surface area contributed by atoms with Gasteiger partial charge in [0, 0.05) is 27.1 Å². The number of aromatic nitrogens is 1. The van der Waals surface area contributed by atoms with Crippen LogP contribution in [0.4, 0.5) is 0 Å². The fraction of sp³-hybridized carbons (Fsp3) is 0.211. The van der Waals surface area contributed by atoms with Crippen molar-refractivity contribution in [1.82, 2.24) is 10.3 Å². The zero-order chi connectivity index (χ0) is 18.0. The van der Waals surface area contributed by atoms with Gasteiger partial charge in [-0.15, -0.1) is 0 Å². The van der Waals surface area contributed by atoms with Crippen LogP contribution in [0.25, 0.3) is 10.9 Å². The van der Waals surface area contributed by atoms with Crippen molar-refractivity contribution in [1.29, 1.82) is 0 Å². The number of aromatic amines is 1. The van der Waals surface area contributed by atoms with E-state index in [1.54, 1.807) is 43.5 Å². The molecular formula is C19H18Cl2N2O2. The zero-order valence-electron chi connectivity index (χ0n) is 13.6. The lowest BCUT2D eigenvalue weighted by atomic mass is 9.96. The molecule has 0 spiro atoms. The van der Waals surface area contributed by atoms with Crippen molar-refractivity contribution in [2.24, 2.45) is 0 Å². The fourth-order valence-electron chi connectivity index (χ4n) is 2.71. The first-order chi connectivity index (χ1) is 11.8. The SMILES string of the molecule is CC(O)(CNC(=O)Cc1c[nH]c2ccc(Cl)cc12)c1ccc(Cl)cc1. The normalized spacial score (nSPS) is 13.6. The Balaban J connectivity index is 1.66. The summed E-state index contributed by atoms with van der Waals surface area (Å²) in [7, 11) is 0. The number of hydrogen-bond acceptors (Lipinski definition) is 2. The Morgan fingerprint density at radius 1 is 1.16 bits per heavy atom. The third kappa shape index (κ3) is 4.15. The molecule has 0 saturated heterocycles. The Morgan fingerprint density at radius 3 is 2.56 bits per heavy atom. The number of benzene rings is 2. The van der Waals surface area contributed by atoms with Gasteiger partial charge >= 0.3 is 0 Å². The second-order valence-corrected chi connectivity index (χ2v) is 7.11. The standard InChI is InChI=1S/C19H18Cl2N2O2/c1-19(25,13-2-4-14(20)5-3-13)11-23-18(24)8-12-10-22-17-7-6-15(21)9-16(12)17/h2-7,9-10,22,25H,8,11H2,1H3,(H,23,24). The van der Waals surface area contributed by atoms with Gasteiger partial charge in [-0.25, -0.2) is 0 Å². The summed E-state index contributed by atoms with van der Waals surface area (Å²) in [6.45, 7) is 1.76. The van der Waals surface area contributed by atoms with Crippen LogP contribution in [0.2, 0.25) is 10.0 Å². The summed E-state index contributed by atoms with van der Waals surface area (Å²) in [5.41, 5.74) is 1.31. The Kier molecular flexibility index (Phi) is 5.04. The molecule has 25 heavy (non-hydrogen) atoms. The first kappa shape index (κ1) is 17.8. The second-order valence-electron chi connectivity index (χ2n) is 6.24. The van der Waals surface area contributed by atoms with Crippen molar-refractivity contribution in [3.8, 4) is 0 Å². The molecule has 1 unspecified atom stereocenters. The maximum absolute atomic E-state index is 12.3. The van der Waals surface area contributed by atoms with Crippen molar-refractivity contribution < 1.29 is 9.90 Å². The first-order valence-corrected chi connectivity index (χ1v) is 8.61. The Hall–Kier alpha value is -2.01. The van der Waals surface area contributed by atoms with Gasteiger partial charge in [0.1, 0.15) is 5.60 Å². The van der Waals surface area contributed by atoms with E-state index in [1.807, 2.05) is 12.1 Å². The predicted molar refractivity (Wildman–Crippen MR) is 101 cm³/mol. The third-order valence-electron chi connectivity index (χ3n) is 4.18. The van der Waals surface area contributed by atoms with Crippen molar-refractivity contribution in [2.75, 3.05) is 6.54 Å². The number of carbonyl (C=O) groups excluding carboxylic acids is 1. The Morgan fingerprint density at radius 2 is 1.84 bits per heavy atom. The minimum atomic E-state index is -1.18. The predicted octanol–water partition coefficient (Wildman–Crippen LogP) is 4.04. The van der Waals surface area contributed by atoms with Crippen LogP contribution in [0.3, 0.4) is 0 Å². The van der Waals surface area contributed by atoms with E-state index in [4.69, 9.17) is 23.2 Å². The smallest absolute Gasteiger partial charge is 0.224 e. The van der Waals surface area contributed by atoms with Crippen molar-refractivity contribution in [3.63, 3.8) is 0 Å². The van der Waals surface area contributed by atoms with Crippen LogP contribution in [-0.2, 0) is 16.8 Å². The number of H-pyrrole nitrogens is 1. The summed E-state index contributed by atoms with van der Waals surface area (Å²) in [6, 6.07) is 12.4. The fourth-order valence-corrected chi connectivity index (χ4v) is 3.01. The molecule has 0 saturated carbocycles. The van der Waals surface area contributed by atoms with Crippen LogP contribution in [0.1, 0.15) is 18.1 Å². The average molecular weight is 377 g/mol. The molecule has 2 aromatic carbocycles. The summed E-state index contributed by atoms with van der Waals surface area (Å²) in [5.74, 6) is -0.171. The van der Waals surface area contributed by atoms with Gasteiger partial charge in [-0.2, -0.15) is 0 Å². The van der Waals surface area contributed by atoms with E-state index in [1.165, 1.54) is 0 Å². The highest BCUT2D eigenvalue weighted by molar-refractivity contribution is 6.31. The molecule has 0 aliphatic heterocycles. The van der Waals surface area contributed by atoms with E-state index in [9.17, 15) is 9.90 Å². The van der Waals surface area contributed by atoms with Crippen LogP contribution in [0.15, 0.2) is 48.7 Å². The van der Waals surface area contributed by atoms with Crippen molar-refractivity contribution >= 4 is 40.0 Å². The number of halogens is 2. The van der Waals surface area contributed by atoms with Crippen LogP contribution in [0, 0.1) is 0 Å². The Labute approximate surface area is 155 Å². The number of amides is 1. The molecule has 3 rings (SSSR count). The molecule has 4 nitrogen and oxygen atoms in total. The third-order valence-corrected chi connectivity index (χ3v) is 4.66. The van der Waals surface area contributed by atoms with Gasteiger partial charge in [-0.05, 0) is 48.4 Å². The summed E-state index contributed by atoms with van der Waals surface area (Å²) in [4.78, 5) is 15.4. The van der Waals surface area contributed by atoms with Gasteiger partial charge in [0.2, 0.25) is 5.91 Å². The molecule has 0 bridgehead atoms. The van der Waals surface area contributed by atoms with Gasteiger partial charge in [0.15, 0.2) is 0 Å². The number of hydrogen-bond donors (Lipinski definition) is 3. The summed E-state index contributed by atoms with van der Waals surface area (Å²) in [5, 5.41) is 15.5. The van der Waals surface area contributed by atoms with E-state index in [0.29, 0.717) is 15.6 Å². The molecule has 130 valence electrons. The number of carbonyl (C=O) groups is 1. The molecule has 3 aromatic rings. The molecule has 1 amide bonds. The summed E-state index contributed by atoms with van der Waals surface area (Å²) >= 11 is 11.9. The van der Waals surface area contributed by atoms with Crippen molar-refractivity contribution in [3.05, 3.63) is 69.8 Å². The molecule has 0 aliphatic carbocycles. The molecule has 3 N–H and O–H groups in total. The van der Waals surface area contributed by atoms with Crippen LogP contribution >= 0.6 is 23.2 Å². The van der Waals surface area contributed by atoms with E-state index in [2.05, 4.69) is 10.3 Å². The second kappa shape index (κ2) is 7.08. The molecular weight excluding hydrogens is 359 g/mol. The van der Waals surface area contributed by atoms with Gasteiger partial charge in [0.05, 0.1) is 13.0 Å². The molecule has 6 heteroatoms. The maximum atomic E-state index is 12.3. The largest absolute Gasteiger partial charge is 0.384 e. The van der Waals surface area contributed by atoms with Crippen LogP contribution in [0.5, 0.6) is 0 Å². The van der Waals surface area contributed by atoms with E-state index in [0.717, 1.165) is 16.5 Å².